The molecule has 21 heavy (non-hydrogen) atoms. The van der Waals surface area contributed by atoms with Gasteiger partial charge in [0.1, 0.15) is 0 Å². The zero-order valence-corrected chi connectivity index (χ0v) is 11.9. The van der Waals surface area contributed by atoms with Gasteiger partial charge >= 0.3 is 0 Å². The smallest absolute Gasteiger partial charge is 0.202 e. The van der Waals surface area contributed by atoms with Gasteiger partial charge in [-0.25, -0.2) is 4.68 Å². The van der Waals surface area contributed by atoms with Crippen LogP contribution in [-0.4, -0.2) is 20.5 Å². The zero-order chi connectivity index (χ0) is 14.8. The molecule has 0 bridgehead atoms. The van der Waals surface area contributed by atoms with Crippen LogP contribution in [0.15, 0.2) is 42.9 Å². The molecule has 3 aromatic rings. The van der Waals surface area contributed by atoms with E-state index in [-0.39, 0.29) is 5.78 Å². The van der Waals surface area contributed by atoms with Gasteiger partial charge in [0.2, 0.25) is 5.78 Å². The largest absolute Gasteiger partial charge is 0.285 e. The van der Waals surface area contributed by atoms with Gasteiger partial charge in [-0.2, -0.15) is 5.10 Å². The number of ketones is 1. The number of rotatable bonds is 1. The molecule has 0 saturated carbocycles. The van der Waals surface area contributed by atoms with Crippen molar-refractivity contribution < 1.29 is 4.79 Å². The van der Waals surface area contributed by atoms with E-state index in [4.69, 9.17) is 11.6 Å². The number of nitrogens with zero attached hydrogens (tertiary/aromatic N) is 3. The Labute approximate surface area is 126 Å². The van der Waals surface area contributed by atoms with E-state index in [1.54, 1.807) is 29.3 Å². The summed E-state index contributed by atoms with van der Waals surface area (Å²) in [6, 6.07) is 7.39. The molecule has 0 amide bonds. The lowest BCUT2D eigenvalue weighted by Crippen LogP contribution is -1.96. The maximum absolute atomic E-state index is 10.9. The van der Waals surface area contributed by atoms with Gasteiger partial charge in [-0.1, -0.05) is 17.5 Å². The molecule has 0 radical (unpaired) electrons. The Morgan fingerprint density at radius 3 is 3.00 bits per heavy atom. The first-order valence-electron chi connectivity index (χ1n) is 6.25. The molecule has 1 aromatic carbocycles. The summed E-state index contributed by atoms with van der Waals surface area (Å²) in [4.78, 5) is 15.2. The summed E-state index contributed by atoms with van der Waals surface area (Å²) in [5, 5.41) is 5.86. The van der Waals surface area contributed by atoms with Crippen molar-refractivity contribution in [2.45, 2.75) is 6.92 Å². The minimum absolute atomic E-state index is 0.174. The van der Waals surface area contributed by atoms with Crippen molar-refractivity contribution in [3.8, 4) is 17.5 Å². The number of fused-ring (bicyclic) bond motifs is 1. The van der Waals surface area contributed by atoms with Crippen LogP contribution in [0.3, 0.4) is 0 Å². The van der Waals surface area contributed by atoms with Gasteiger partial charge in [-0.15, -0.1) is 0 Å². The Morgan fingerprint density at radius 1 is 1.33 bits per heavy atom. The van der Waals surface area contributed by atoms with Crippen LogP contribution in [0.5, 0.6) is 0 Å². The molecule has 2 heterocycles. The van der Waals surface area contributed by atoms with Crippen molar-refractivity contribution in [3.05, 3.63) is 53.4 Å². The second-order valence-corrected chi connectivity index (χ2v) is 4.91. The van der Waals surface area contributed by atoms with E-state index in [2.05, 4.69) is 21.9 Å². The van der Waals surface area contributed by atoms with E-state index < -0.39 is 0 Å². The number of aromatic nitrogens is 3. The Morgan fingerprint density at radius 2 is 2.19 bits per heavy atom. The SMILES string of the molecule is CC(=O)C#Cc1cnn(-c2ccnc3cc(Cl)ccc23)c1. The van der Waals surface area contributed by atoms with Crippen LogP contribution < -0.4 is 0 Å². The van der Waals surface area contributed by atoms with Crippen molar-refractivity contribution in [2.75, 3.05) is 0 Å². The summed E-state index contributed by atoms with van der Waals surface area (Å²) < 4.78 is 1.71. The van der Waals surface area contributed by atoms with Gasteiger partial charge in [0, 0.05) is 29.7 Å². The molecule has 0 aliphatic rings. The number of benzene rings is 1. The van der Waals surface area contributed by atoms with Crippen LogP contribution in [0, 0.1) is 11.8 Å². The first kappa shape index (κ1) is 13.3. The summed E-state index contributed by atoms with van der Waals surface area (Å²) in [5.41, 5.74) is 2.36. The molecule has 0 aliphatic carbocycles. The number of carbonyl (C=O) groups is 1. The molecule has 0 unspecified atom stereocenters. The minimum atomic E-state index is -0.174. The number of hydrogen-bond acceptors (Lipinski definition) is 3. The normalized spacial score (nSPS) is 10.2. The molecule has 5 heteroatoms. The predicted molar refractivity (Wildman–Crippen MR) is 81.4 cm³/mol. The van der Waals surface area contributed by atoms with Crippen molar-refractivity contribution >= 4 is 28.3 Å². The van der Waals surface area contributed by atoms with Gasteiger partial charge < -0.3 is 0 Å². The summed E-state index contributed by atoms with van der Waals surface area (Å²) in [5.74, 6) is 5.10. The van der Waals surface area contributed by atoms with Crippen molar-refractivity contribution in [2.24, 2.45) is 0 Å². The summed E-state index contributed by atoms with van der Waals surface area (Å²) in [6.07, 6.45) is 5.11. The fraction of sp³-hybridized carbons (Fsp3) is 0.0625. The number of halogens is 1. The topological polar surface area (TPSA) is 47.8 Å². The molecule has 0 atom stereocenters. The van der Waals surface area contributed by atoms with Gasteiger partial charge in [0.25, 0.3) is 0 Å². The third kappa shape index (κ3) is 2.78. The van der Waals surface area contributed by atoms with E-state index >= 15 is 0 Å². The van der Waals surface area contributed by atoms with E-state index in [1.807, 2.05) is 18.2 Å². The van der Waals surface area contributed by atoms with Gasteiger partial charge in [0.15, 0.2) is 0 Å². The standard InChI is InChI=1S/C16H10ClN3O/c1-11(21)2-3-12-9-19-20(10-12)16-6-7-18-15-8-13(17)4-5-14(15)16/h4-10H,1H3. The number of pyridine rings is 1. The lowest BCUT2D eigenvalue weighted by atomic mass is 10.2. The van der Waals surface area contributed by atoms with Gasteiger partial charge in [0.05, 0.1) is 23.0 Å². The lowest BCUT2D eigenvalue weighted by Gasteiger charge is -2.05. The zero-order valence-electron chi connectivity index (χ0n) is 11.2. The average Bonchev–Trinajstić information content (AvgIpc) is 2.93. The van der Waals surface area contributed by atoms with Crippen LogP contribution >= 0.6 is 11.6 Å². The van der Waals surface area contributed by atoms with Crippen molar-refractivity contribution in [3.63, 3.8) is 0 Å². The molecule has 4 nitrogen and oxygen atoms in total. The molecule has 3 rings (SSSR count). The predicted octanol–water partition coefficient (Wildman–Crippen LogP) is 3.01. The van der Waals surface area contributed by atoms with Crippen molar-refractivity contribution in [1.82, 2.24) is 14.8 Å². The highest BCUT2D eigenvalue weighted by Gasteiger charge is 2.06. The average molecular weight is 296 g/mol. The molecule has 0 spiro atoms. The summed E-state index contributed by atoms with van der Waals surface area (Å²) in [7, 11) is 0. The van der Waals surface area contributed by atoms with E-state index in [0.717, 1.165) is 16.6 Å². The Balaban J connectivity index is 2.09. The molecule has 102 valence electrons. The summed E-state index contributed by atoms with van der Waals surface area (Å²) in [6.45, 7) is 1.43. The highest BCUT2D eigenvalue weighted by Crippen LogP contribution is 2.23. The first-order valence-corrected chi connectivity index (χ1v) is 6.63. The van der Waals surface area contributed by atoms with Crippen LogP contribution in [-0.2, 0) is 4.79 Å². The molecule has 0 aliphatic heterocycles. The third-order valence-corrected chi connectivity index (χ3v) is 3.13. The Kier molecular flexibility index (Phi) is 3.43. The minimum Gasteiger partial charge on any atom is -0.285 e. The number of Topliss-reactive ketones (excluding diaryl/α,β-unsaturated/α-hetero) is 1. The lowest BCUT2D eigenvalue weighted by molar-refractivity contribution is -0.111. The Hall–Kier alpha value is -2.64. The molecular formula is C16H10ClN3O. The molecule has 0 N–H and O–H groups in total. The van der Waals surface area contributed by atoms with Gasteiger partial charge in [-0.3, -0.25) is 9.78 Å². The van der Waals surface area contributed by atoms with E-state index in [0.29, 0.717) is 10.6 Å². The second-order valence-electron chi connectivity index (χ2n) is 4.47. The van der Waals surface area contributed by atoms with Crippen LogP contribution in [0.1, 0.15) is 12.5 Å². The maximum Gasteiger partial charge on any atom is 0.202 e. The third-order valence-electron chi connectivity index (χ3n) is 2.89. The molecule has 2 aromatic heterocycles. The highest BCUT2D eigenvalue weighted by molar-refractivity contribution is 6.31. The van der Waals surface area contributed by atoms with E-state index in [9.17, 15) is 4.79 Å². The van der Waals surface area contributed by atoms with Crippen molar-refractivity contribution in [1.29, 1.82) is 0 Å². The molecule has 0 saturated heterocycles. The second kappa shape index (κ2) is 5.39. The maximum atomic E-state index is 10.9. The molecular weight excluding hydrogens is 286 g/mol. The highest BCUT2D eigenvalue weighted by atomic mass is 35.5. The number of carbonyl (C=O) groups excluding carboxylic acids is 1. The quantitative estimate of drug-likeness (QED) is 0.648. The fourth-order valence-corrected chi connectivity index (χ4v) is 2.15. The fourth-order valence-electron chi connectivity index (χ4n) is 1.99. The monoisotopic (exact) mass is 295 g/mol. The first-order chi connectivity index (χ1) is 10.1. The van der Waals surface area contributed by atoms with Crippen LogP contribution in [0.4, 0.5) is 0 Å². The summed E-state index contributed by atoms with van der Waals surface area (Å²) >= 11 is 5.98. The van der Waals surface area contributed by atoms with Gasteiger partial charge in [-0.05, 0) is 30.2 Å². The number of hydrogen-bond donors (Lipinski definition) is 0. The Bertz CT molecular complexity index is 903. The van der Waals surface area contributed by atoms with Crippen LogP contribution in [0.25, 0.3) is 16.6 Å². The molecule has 0 fully saturated rings. The van der Waals surface area contributed by atoms with Crippen LogP contribution in [0.2, 0.25) is 5.02 Å². The van der Waals surface area contributed by atoms with E-state index in [1.165, 1.54) is 6.92 Å².